The normalized spacial score (nSPS) is 19.1. The van der Waals surface area contributed by atoms with Crippen molar-refractivity contribution in [1.29, 1.82) is 0 Å². The predicted molar refractivity (Wildman–Crippen MR) is 112 cm³/mol. The summed E-state index contributed by atoms with van der Waals surface area (Å²) < 4.78 is 16.1. The van der Waals surface area contributed by atoms with Crippen LogP contribution in [0.5, 0.6) is 5.75 Å². The highest BCUT2D eigenvalue weighted by Crippen LogP contribution is 2.35. The molecule has 1 aromatic carbocycles. The average Bonchev–Trinajstić information content (AvgIpc) is 2.81. The van der Waals surface area contributed by atoms with Crippen LogP contribution in [-0.4, -0.2) is 78.1 Å². The fourth-order valence-corrected chi connectivity index (χ4v) is 4.13. The van der Waals surface area contributed by atoms with E-state index in [0.717, 1.165) is 63.4 Å². The molecule has 0 bridgehead atoms. The Morgan fingerprint density at radius 3 is 2.30 bits per heavy atom. The molecule has 0 aromatic heterocycles. The molecule has 3 N–H and O–H groups in total. The van der Waals surface area contributed by atoms with Crippen LogP contribution in [0.25, 0.3) is 0 Å². The first kappa shape index (κ1) is 22.5. The zero-order valence-electron chi connectivity index (χ0n) is 17.8. The van der Waals surface area contributed by atoms with Crippen molar-refractivity contribution < 1.29 is 28.7 Å². The van der Waals surface area contributed by atoms with E-state index >= 15 is 0 Å². The lowest BCUT2D eigenvalue weighted by Crippen LogP contribution is -3.14. The Morgan fingerprint density at radius 2 is 1.63 bits per heavy atom. The van der Waals surface area contributed by atoms with Crippen molar-refractivity contribution in [2.24, 2.45) is 0 Å². The van der Waals surface area contributed by atoms with E-state index in [1.165, 1.54) is 4.90 Å². The lowest BCUT2D eigenvalue weighted by atomic mass is 9.74. The maximum Gasteiger partial charge on any atom is 0.309 e. The Labute approximate surface area is 178 Å². The van der Waals surface area contributed by atoms with Gasteiger partial charge in [0.1, 0.15) is 18.8 Å². The van der Waals surface area contributed by atoms with Gasteiger partial charge in [-0.05, 0) is 30.5 Å². The molecule has 0 radical (unpaired) electrons. The van der Waals surface area contributed by atoms with Gasteiger partial charge in [-0.2, -0.15) is 0 Å². The van der Waals surface area contributed by atoms with Crippen molar-refractivity contribution in [2.75, 3.05) is 66.3 Å². The highest BCUT2D eigenvalue weighted by Gasteiger charge is 2.35. The van der Waals surface area contributed by atoms with Crippen LogP contribution in [-0.2, 0) is 24.5 Å². The van der Waals surface area contributed by atoms with E-state index in [9.17, 15) is 9.59 Å². The summed E-state index contributed by atoms with van der Waals surface area (Å²) >= 11 is 0. The first-order valence-corrected chi connectivity index (χ1v) is 10.8. The Hall–Kier alpha value is -2.16. The van der Waals surface area contributed by atoms with E-state index in [1.807, 2.05) is 24.3 Å². The van der Waals surface area contributed by atoms with Crippen LogP contribution in [0, 0.1) is 0 Å². The summed E-state index contributed by atoms with van der Waals surface area (Å²) in [4.78, 5) is 26.0. The van der Waals surface area contributed by atoms with Crippen LogP contribution >= 0.6 is 0 Å². The minimum atomic E-state index is -0.576. The van der Waals surface area contributed by atoms with Crippen LogP contribution in [0.1, 0.15) is 24.8 Å². The smallest absolute Gasteiger partial charge is 0.309 e. The summed E-state index contributed by atoms with van der Waals surface area (Å²) in [6.07, 6.45) is 2.44. The zero-order chi connectivity index (χ0) is 21.2. The first-order chi connectivity index (χ1) is 14.6. The predicted octanol–water partition coefficient (Wildman–Crippen LogP) is -0.719. The van der Waals surface area contributed by atoms with E-state index < -0.39 is 11.8 Å². The molecular formula is C22H34N3O5+. The highest BCUT2D eigenvalue weighted by molar-refractivity contribution is 6.35. The number of rotatable bonds is 8. The molecule has 0 atom stereocenters. The molecule has 8 heteroatoms. The Morgan fingerprint density at radius 1 is 1.00 bits per heavy atom. The number of amides is 2. The molecule has 0 saturated carbocycles. The SMILES string of the molecule is COc1ccc(C2(CNC(=O)C(=O)NCCC[NH+]3CCOCC3)CCOCC2)cc1. The number of carbonyl (C=O) groups is 2. The zero-order valence-corrected chi connectivity index (χ0v) is 17.8. The van der Waals surface area contributed by atoms with E-state index in [1.54, 1.807) is 7.11 Å². The molecular weight excluding hydrogens is 386 g/mol. The van der Waals surface area contributed by atoms with Gasteiger partial charge in [-0.1, -0.05) is 12.1 Å². The first-order valence-electron chi connectivity index (χ1n) is 10.8. The van der Waals surface area contributed by atoms with Gasteiger partial charge in [0.2, 0.25) is 0 Å². The van der Waals surface area contributed by atoms with E-state index in [2.05, 4.69) is 10.6 Å². The van der Waals surface area contributed by atoms with E-state index in [4.69, 9.17) is 14.2 Å². The van der Waals surface area contributed by atoms with Crippen molar-refractivity contribution in [2.45, 2.75) is 24.7 Å². The van der Waals surface area contributed by atoms with Gasteiger partial charge in [0.15, 0.2) is 0 Å². The lowest BCUT2D eigenvalue weighted by molar-refractivity contribution is -0.908. The second-order valence-corrected chi connectivity index (χ2v) is 8.03. The third kappa shape index (κ3) is 6.17. The summed E-state index contributed by atoms with van der Waals surface area (Å²) in [5.41, 5.74) is 0.890. The number of quaternary nitrogens is 1. The Bertz CT molecular complexity index is 683. The number of methoxy groups -OCH3 is 1. The van der Waals surface area contributed by atoms with Crippen molar-refractivity contribution >= 4 is 11.8 Å². The quantitative estimate of drug-likeness (QED) is 0.382. The third-order valence-electron chi connectivity index (χ3n) is 6.14. The highest BCUT2D eigenvalue weighted by atomic mass is 16.5. The maximum absolute atomic E-state index is 12.4. The fraction of sp³-hybridized carbons (Fsp3) is 0.636. The lowest BCUT2D eigenvalue weighted by Gasteiger charge is -2.38. The molecule has 2 saturated heterocycles. The van der Waals surface area contributed by atoms with E-state index in [-0.39, 0.29) is 5.41 Å². The molecule has 2 aliphatic rings. The van der Waals surface area contributed by atoms with Crippen molar-refractivity contribution in [3.05, 3.63) is 29.8 Å². The Kier molecular flexibility index (Phi) is 8.48. The van der Waals surface area contributed by atoms with Crippen LogP contribution in [0.4, 0.5) is 0 Å². The summed E-state index contributed by atoms with van der Waals surface area (Å²) in [5, 5.41) is 5.59. The minimum absolute atomic E-state index is 0.236. The molecule has 166 valence electrons. The fourth-order valence-electron chi connectivity index (χ4n) is 4.13. The molecule has 2 aliphatic heterocycles. The van der Waals surface area contributed by atoms with Gasteiger partial charge in [0.25, 0.3) is 0 Å². The number of carbonyl (C=O) groups excluding carboxylic acids is 2. The van der Waals surface area contributed by atoms with Crippen LogP contribution < -0.4 is 20.3 Å². The average molecular weight is 421 g/mol. The monoisotopic (exact) mass is 420 g/mol. The minimum Gasteiger partial charge on any atom is -0.497 e. The van der Waals surface area contributed by atoms with E-state index in [0.29, 0.717) is 26.3 Å². The summed E-state index contributed by atoms with van der Waals surface area (Å²) in [7, 11) is 1.64. The van der Waals surface area contributed by atoms with Crippen LogP contribution in [0.3, 0.4) is 0 Å². The topological polar surface area (TPSA) is 90.3 Å². The third-order valence-corrected chi connectivity index (χ3v) is 6.14. The summed E-state index contributed by atoms with van der Waals surface area (Å²) in [5.74, 6) is -0.347. The molecule has 0 aliphatic carbocycles. The van der Waals surface area contributed by atoms with Crippen molar-refractivity contribution in [3.8, 4) is 5.75 Å². The summed E-state index contributed by atoms with van der Waals surface area (Å²) in [6, 6.07) is 7.92. The second-order valence-electron chi connectivity index (χ2n) is 8.03. The number of hydrogen-bond acceptors (Lipinski definition) is 5. The molecule has 8 nitrogen and oxygen atoms in total. The molecule has 2 heterocycles. The molecule has 30 heavy (non-hydrogen) atoms. The molecule has 1 aromatic rings. The van der Waals surface area contributed by atoms with Gasteiger partial charge in [-0.15, -0.1) is 0 Å². The number of nitrogens with one attached hydrogen (secondary N) is 3. The molecule has 3 rings (SSSR count). The van der Waals surface area contributed by atoms with Crippen molar-refractivity contribution in [1.82, 2.24) is 10.6 Å². The van der Waals surface area contributed by atoms with Crippen LogP contribution in [0.2, 0.25) is 0 Å². The van der Waals surface area contributed by atoms with Gasteiger partial charge in [0.05, 0.1) is 26.9 Å². The molecule has 2 fully saturated rings. The largest absolute Gasteiger partial charge is 0.497 e. The second kappa shape index (κ2) is 11.3. The van der Waals surface area contributed by atoms with Gasteiger partial charge < -0.3 is 29.7 Å². The van der Waals surface area contributed by atoms with Gasteiger partial charge >= 0.3 is 11.8 Å². The number of ether oxygens (including phenoxy) is 3. The number of hydrogen-bond donors (Lipinski definition) is 3. The van der Waals surface area contributed by atoms with Gasteiger partial charge in [-0.25, -0.2) is 0 Å². The van der Waals surface area contributed by atoms with Crippen molar-refractivity contribution in [3.63, 3.8) is 0 Å². The molecule has 0 spiro atoms. The molecule has 2 amide bonds. The van der Waals surface area contributed by atoms with Gasteiger partial charge in [0, 0.05) is 38.1 Å². The van der Waals surface area contributed by atoms with Gasteiger partial charge in [-0.3, -0.25) is 9.59 Å². The standard InChI is InChI=1S/C22H33N3O5/c1-28-19-5-3-18(4-6-19)22(7-13-29-14-8-22)17-24-21(27)20(26)23-9-2-10-25-11-15-30-16-12-25/h3-6H,2,7-17H2,1H3,(H,23,26)(H,24,27)/p+1. The molecule has 0 unspecified atom stereocenters. The number of morpholine rings is 1. The maximum atomic E-state index is 12.4. The van der Waals surface area contributed by atoms with Crippen LogP contribution in [0.15, 0.2) is 24.3 Å². The number of benzene rings is 1. The summed E-state index contributed by atoms with van der Waals surface area (Å²) in [6.45, 7) is 6.77. The Balaban J connectivity index is 1.46.